The molecule has 1 aromatic carbocycles. The van der Waals surface area contributed by atoms with Crippen LogP contribution in [0.25, 0.3) is 0 Å². The van der Waals surface area contributed by atoms with Crippen LogP contribution in [-0.4, -0.2) is 35.0 Å². The molecular weight excluding hydrogens is 298 g/mol. The van der Waals surface area contributed by atoms with Gasteiger partial charge in [-0.3, -0.25) is 9.80 Å². The number of carbonyl (C=O) groups excluding carboxylic acids is 1. The van der Waals surface area contributed by atoms with Crippen LogP contribution in [0, 0.1) is 0 Å². The molecule has 4 heteroatoms. The van der Waals surface area contributed by atoms with Gasteiger partial charge in [0.15, 0.2) is 0 Å². The monoisotopic (exact) mass is 321 g/mol. The Morgan fingerprint density at radius 2 is 1.92 bits per heavy atom. The molecule has 2 aliphatic heterocycles. The highest BCUT2D eigenvalue weighted by atomic mass is 16.2. The Balaban J connectivity index is 1.42. The molecule has 0 aromatic heterocycles. The molecule has 1 saturated heterocycles. The number of likely N-dealkylation sites (tertiary alicyclic amines) is 1. The highest BCUT2D eigenvalue weighted by Gasteiger charge is 2.33. The Bertz CT molecular complexity index is 697. The van der Waals surface area contributed by atoms with Crippen LogP contribution in [0.15, 0.2) is 66.0 Å². The van der Waals surface area contributed by atoms with Crippen LogP contribution in [0.1, 0.15) is 24.8 Å². The summed E-state index contributed by atoms with van der Waals surface area (Å²) in [6, 6.07) is 10.9. The first-order chi connectivity index (χ1) is 11.8. The normalized spacial score (nSPS) is 21.8. The molecule has 1 aliphatic carbocycles. The summed E-state index contributed by atoms with van der Waals surface area (Å²) in [6.45, 7) is 3.06. The summed E-state index contributed by atoms with van der Waals surface area (Å²) in [5, 5.41) is 2.92. The zero-order valence-electron chi connectivity index (χ0n) is 13.8. The summed E-state index contributed by atoms with van der Waals surface area (Å²) in [5.41, 5.74) is 3.66. The van der Waals surface area contributed by atoms with Crippen molar-refractivity contribution in [1.82, 2.24) is 15.1 Å². The van der Waals surface area contributed by atoms with Gasteiger partial charge in [-0.25, -0.2) is 4.79 Å². The van der Waals surface area contributed by atoms with Crippen molar-refractivity contribution in [1.29, 1.82) is 0 Å². The second-order valence-electron chi connectivity index (χ2n) is 6.67. The summed E-state index contributed by atoms with van der Waals surface area (Å²) in [6.07, 6.45) is 11.1. The maximum Gasteiger partial charge on any atom is 0.326 e. The number of hydrogen-bond donors (Lipinski definition) is 1. The minimum Gasteiger partial charge on any atom is -0.314 e. The van der Waals surface area contributed by atoms with E-state index in [2.05, 4.69) is 58.8 Å². The van der Waals surface area contributed by atoms with E-state index < -0.39 is 0 Å². The molecule has 1 N–H and O–H groups in total. The second-order valence-corrected chi connectivity index (χ2v) is 6.67. The van der Waals surface area contributed by atoms with E-state index in [9.17, 15) is 4.79 Å². The summed E-state index contributed by atoms with van der Waals surface area (Å²) >= 11 is 0. The number of carbonyl (C=O) groups is 1. The minimum absolute atomic E-state index is 0.0156. The molecule has 1 fully saturated rings. The van der Waals surface area contributed by atoms with Gasteiger partial charge in [-0.2, -0.15) is 0 Å². The Morgan fingerprint density at radius 3 is 2.71 bits per heavy atom. The van der Waals surface area contributed by atoms with Gasteiger partial charge in [-0.1, -0.05) is 42.5 Å². The molecule has 0 bridgehead atoms. The summed E-state index contributed by atoms with van der Waals surface area (Å²) < 4.78 is 0. The van der Waals surface area contributed by atoms with E-state index in [0.29, 0.717) is 6.04 Å². The fraction of sp³-hybridized carbons (Fsp3) is 0.350. The minimum atomic E-state index is 0.0156. The maximum absolute atomic E-state index is 12.4. The van der Waals surface area contributed by atoms with Crippen molar-refractivity contribution in [2.45, 2.75) is 31.8 Å². The zero-order chi connectivity index (χ0) is 16.4. The molecule has 3 aliphatic rings. The SMILES string of the molecule is O=C1NC=C2CC=CC=C2N1C1CCN(Cc2ccccc2)CC1. The Hall–Kier alpha value is -2.33. The van der Waals surface area contributed by atoms with Crippen LogP contribution in [-0.2, 0) is 6.54 Å². The largest absolute Gasteiger partial charge is 0.326 e. The van der Waals surface area contributed by atoms with Crippen molar-refractivity contribution in [3.05, 3.63) is 71.6 Å². The van der Waals surface area contributed by atoms with E-state index >= 15 is 0 Å². The van der Waals surface area contributed by atoms with Crippen molar-refractivity contribution in [3.8, 4) is 0 Å². The molecule has 0 saturated carbocycles. The standard InChI is InChI=1S/C20H23N3O/c24-20-21-14-17-8-4-5-9-19(17)23(20)18-10-12-22(13-11-18)15-16-6-2-1-3-7-16/h1-7,9,14,18H,8,10-13,15H2,(H,21,24). The van der Waals surface area contributed by atoms with E-state index in [4.69, 9.17) is 0 Å². The van der Waals surface area contributed by atoms with Crippen LogP contribution >= 0.6 is 0 Å². The average molecular weight is 321 g/mol. The molecule has 2 amide bonds. The maximum atomic E-state index is 12.4. The first kappa shape index (κ1) is 15.2. The highest BCUT2D eigenvalue weighted by molar-refractivity contribution is 5.81. The number of piperidine rings is 1. The molecular formula is C20H23N3O. The lowest BCUT2D eigenvalue weighted by atomic mass is 9.96. The zero-order valence-corrected chi connectivity index (χ0v) is 13.8. The Labute approximate surface area is 143 Å². The van der Waals surface area contributed by atoms with Crippen LogP contribution < -0.4 is 5.32 Å². The number of rotatable bonds is 3. The van der Waals surface area contributed by atoms with Crippen LogP contribution in [0.2, 0.25) is 0 Å². The van der Waals surface area contributed by atoms with Gasteiger partial charge in [0.2, 0.25) is 0 Å². The van der Waals surface area contributed by atoms with Crippen LogP contribution in [0.3, 0.4) is 0 Å². The van der Waals surface area contributed by atoms with Gasteiger partial charge in [0.25, 0.3) is 0 Å². The van der Waals surface area contributed by atoms with Crippen LogP contribution in [0.5, 0.6) is 0 Å². The van der Waals surface area contributed by atoms with Crippen molar-refractivity contribution in [2.75, 3.05) is 13.1 Å². The molecule has 4 rings (SSSR count). The molecule has 1 aromatic rings. The van der Waals surface area contributed by atoms with E-state index in [1.165, 1.54) is 11.1 Å². The smallest absolute Gasteiger partial charge is 0.314 e. The number of hydrogen-bond acceptors (Lipinski definition) is 2. The number of fused-ring (bicyclic) bond motifs is 1. The predicted octanol–water partition coefficient (Wildman–Crippen LogP) is 3.40. The third-order valence-electron chi connectivity index (χ3n) is 5.08. The first-order valence-corrected chi connectivity index (χ1v) is 8.73. The number of urea groups is 1. The molecule has 2 heterocycles. The van der Waals surface area contributed by atoms with Crippen molar-refractivity contribution < 1.29 is 4.79 Å². The third kappa shape index (κ3) is 3.02. The highest BCUT2D eigenvalue weighted by Crippen LogP contribution is 2.31. The third-order valence-corrected chi connectivity index (χ3v) is 5.08. The van der Waals surface area contributed by atoms with Gasteiger partial charge < -0.3 is 5.32 Å². The molecule has 4 nitrogen and oxygen atoms in total. The van der Waals surface area contributed by atoms with Gasteiger partial charge in [0.1, 0.15) is 0 Å². The quantitative estimate of drug-likeness (QED) is 0.926. The van der Waals surface area contributed by atoms with E-state index in [0.717, 1.165) is 44.6 Å². The Kier molecular flexibility index (Phi) is 4.22. The molecule has 0 radical (unpaired) electrons. The summed E-state index contributed by atoms with van der Waals surface area (Å²) in [4.78, 5) is 16.9. The molecule has 0 spiro atoms. The van der Waals surface area contributed by atoms with Gasteiger partial charge in [-0.15, -0.1) is 0 Å². The lowest BCUT2D eigenvalue weighted by molar-refractivity contribution is 0.135. The number of amides is 2. The first-order valence-electron chi connectivity index (χ1n) is 8.73. The lowest BCUT2D eigenvalue weighted by Gasteiger charge is -2.41. The molecule has 0 atom stereocenters. The van der Waals surface area contributed by atoms with Crippen molar-refractivity contribution >= 4 is 6.03 Å². The lowest BCUT2D eigenvalue weighted by Crippen LogP contribution is -2.51. The van der Waals surface area contributed by atoms with Crippen molar-refractivity contribution in [2.24, 2.45) is 0 Å². The van der Waals surface area contributed by atoms with Gasteiger partial charge in [0.05, 0.1) is 5.70 Å². The van der Waals surface area contributed by atoms with Gasteiger partial charge in [0, 0.05) is 31.9 Å². The van der Waals surface area contributed by atoms with Gasteiger partial charge in [-0.05, 0) is 36.5 Å². The Morgan fingerprint density at radius 1 is 1.12 bits per heavy atom. The fourth-order valence-electron chi connectivity index (χ4n) is 3.80. The number of nitrogens with one attached hydrogen (secondary N) is 1. The van der Waals surface area contributed by atoms with E-state index in [-0.39, 0.29) is 6.03 Å². The second kappa shape index (κ2) is 6.65. The fourth-order valence-corrected chi connectivity index (χ4v) is 3.80. The summed E-state index contributed by atoms with van der Waals surface area (Å²) in [7, 11) is 0. The van der Waals surface area contributed by atoms with Crippen LogP contribution in [0.4, 0.5) is 4.79 Å². The molecule has 124 valence electrons. The topological polar surface area (TPSA) is 35.6 Å². The van der Waals surface area contributed by atoms with E-state index in [1.54, 1.807) is 0 Å². The van der Waals surface area contributed by atoms with Gasteiger partial charge >= 0.3 is 6.03 Å². The van der Waals surface area contributed by atoms with E-state index in [1.807, 2.05) is 11.1 Å². The predicted molar refractivity (Wildman–Crippen MR) is 95.0 cm³/mol. The molecule has 0 unspecified atom stereocenters. The number of allylic oxidation sites excluding steroid dienone is 4. The average Bonchev–Trinajstić information content (AvgIpc) is 2.63. The summed E-state index contributed by atoms with van der Waals surface area (Å²) in [5.74, 6) is 0. The molecule has 24 heavy (non-hydrogen) atoms. The number of nitrogens with zero attached hydrogens (tertiary/aromatic N) is 2. The van der Waals surface area contributed by atoms with Crippen molar-refractivity contribution in [3.63, 3.8) is 0 Å². The number of benzene rings is 1.